The van der Waals surface area contributed by atoms with E-state index in [4.69, 9.17) is 15.6 Å². The van der Waals surface area contributed by atoms with Gasteiger partial charge in [-0.1, -0.05) is 30.3 Å². The van der Waals surface area contributed by atoms with Gasteiger partial charge in [0.2, 0.25) is 0 Å². The Morgan fingerprint density at radius 1 is 1.17 bits per heavy atom. The van der Waals surface area contributed by atoms with Crippen molar-refractivity contribution in [1.29, 1.82) is 10.8 Å². The molecular weight excluding hydrogens is 226 g/mol. The monoisotopic (exact) mass is 245 g/mol. The van der Waals surface area contributed by atoms with Crippen LogP contribution in [0.15, 0.2) is 30.3 Å². The Morgan fingerprint density at radius 2 is 1.83 bits per heavy atom. The Hall–Kier alpha value is -1.68. The maximum atomic E-state index is 7.89. The minimum Gasteiger partial charge on any atom is -0.429 e. The second kappa shape index (κ2) is 6.31. The van der Waals surface area contributed by atoms with Crippen LogP contribution in [0.5, 0.6) is 0 Å². The highest BCUT2D eigenvalue weighted by Crippen LogP contribution is 2.14. The fourth-order valence-electron chi connectivity index (χ4n) is 2.12. The number of ether oxygens (including phenoxy) is 1. The van der Waals surface area contributed by atoms with Crippen LogP contribution in [0.4, 0.5) is 0 Å². The molecule has 1 aliphatic heterocycles. The summed E-state index contributed by atoms with van der Waals surface area (Å²) >= 11 is 0. The third-order valence-electron chi connectivity index (χ3n) is 3.15. The zero-order valence-electron chi connectivity index (χ0n) is 10.4. The number of piperidine rings is 1. The second-order valence-corrected chi connectivity index (χ2v) is 4.58. The maximum absolute atomic E-state index is 7.89. The molecule has 0 aromatic heterocycles. The summed E-state index contributed by atoms with van der Waals surface area (Å²) in [5.41, 5.74) is 1.04. The van der Waals surface area contributed by atoms with Gasteiger partial charge in [-0.25, -0.2) is 0 Å². The first-order valence-corrected chi connectivity index (χ1v) is 6.34. The van der Waals surface area contributed by atoms with Crippen molar-refractivity contribution >= 4 is 11.8 Å². The number of nitrogens with one attached hydrogen (secondary N) is 3. The van der Waals surface area contributed by atoms with Crippen LogP contribution < -0.4 is 5.32 Å². The Balaban J connectivity index is 1.82. The van der Waals surface area contributed by atoms with Gasteiger partial charge in [-0.3, -0.25) is 10.8 Å². The van der Waals surface area contributed by atoms with E-state index in [1.54, 1.807) is 0 Å². The van der Waals surface area contributed by atoms with Gasteiger partial charge in [0.25, 0.3) is 0 Å². The molecule has 1 heterocycles. The summed E-state index contributed by atoms with van der Waals surface area (Å²) in [6.07, 6.45) is 2.31. The summed E-state index contributed by atoms with van der Waals surface area (Å²) in [5, 5.41) is 18.9. The zero-order chi connectivity index (χ0) is 12.8. The highest BCUT2D eigenvalue weighted by Gasteiger charge is 2.20. The lowest BCUT2D eigenvalue weighted by Crippen LogP contribution is -2.33. The fourth-order valence-corrected chi connectivity index (χ4v) is 2.12. The Kier molecular flexibility index (Phi) is 4.47. The van der Waals surface area contributed by atoms with Crippen LogP contribution in [0.3, 0.4) is 0 Å². The molecule has 0 atom stereocenters. The lowest BCUT2D eigenvalue weighted by Gasteiger charge is -2.22. The van der Waals surface area contributed by atoms with Gasteiger partial charge in [-0.15, -0.1) is 0 Å². The quantitative estimate of drug-likeness (QED) is 0.564. The molecule has 0 bridgehead atoms. The van der Waals surface area contributed by atoms with Gasteiger partial charge >= 0.3 is 0 Å². The lowest BCUT2D eigenvalue weighted by atomic mass is 9.98. The summed E-state index contributed by atoms with van der Waals surface area (Å²) in [7, 11) is 0. The van der Waals surface area contributed by atoms with Gasteiger partial charge in [0.05, 0.1) is 0 Å². The Labute approximate surface area is 107 Å². The van der Waals surface area contributed by atoms with Crippen molar-refractivity contribution in [1.82, 2.24) is 5.32 Å². The summed E-state index contributed by atoms with van der Waals surface area (Å²) in [5.74, 6) is 0.574. The standard InChI is InChI=1S/C14H19N3O/c15-13(10-11-4-2-1-3-5-11)18-14(16)12-6-8-17-9-7-12/h1-5,12,15-17H,6-10H2. The van der Waals surface area contributed by atoms with Crippen molar-refractivity contribution in [3.05, 3.63) is 35.9 Å². The maximum Gasteiger partial charge on any atom is 0.193 e. The van der Waals surface area contributed by atoms with Crippen LogP contribution in [0, 0.1) is 16.7 Å². The van der Waals surface area contributed by atoms with E-state index < -0.39 is 0 Å². The molecule has 96 valence electrons. The zero-order valence-corrected chi connectivity index (χ0v) is 10.4. The first-order valence-electron chi connectivity index (χ1n) is 6.34. The molecule has 0 radical (unpaired) electrons. The molecule has 1 saturated heterocycles. The molecule has 3 N–H and O–H groups in total. The predicted molar refractivity (Wildman–Crippen MR) is 72.3 cm³/mol. The van der Waals surface area contributed by atoms with Gasteiger partial charge in [0.15, 0.2) is 11.8 Å². The molecule has 1 aromatic rings. The minimum absolute atomic E-state index is 0.157. The second-order valence-electron chi connectivity index (χ2n) is 4.58. The van der Waals surface area contributed by atoms with Crippen LogP contribution in [0.2, 0.25) is 0 Å². The van der Waals surface area contributed by atoms with Crippen LogP contribution in [0.25, 0.3) is 0 Å². The molecule has 2 rings (SSSR count). The molecule has 0 aliphatic carbocycles. The number of rotatable bonds is 3. The first kappa shape index (κ1) is 12.8. The SMILES string of the molecule is N=C(Cc1ccccc1)OC(=N)C1CCNCC1. The number of benzene rings is 1. The highest BCUT2D eigenvalue weighted by atomic mass is 16.5. The van der Waals surface area contributed by atoms with E-state index in [1.807, 2.05) is 30.3 Å². The van der Waals surface area contributed by atoms with Crippen LogP contribution in [-0.2, 0) is 11.2 Å². The summed E-state index contributed by atoms with van der Waals surface area (Å²) < 4.78 is 5.33. The van der Waals surface area contributed by atoms with Crippen molar-refractivity contribution in [2.24, 2.45) is 5.92 Å². The van der Waals surface area contributed by atoms with Crippen LogP contribution >= 0.6 is 0 Å². The Bertz CT molecular complexity index is 410. The molecule has 4 nitrogen and oxygen atoms in total. The molecule has 1 aromatic carbocycles. The minimum atomic E-state index is 0.157. The van der Waals surface area contributed by atoms with Crippen molar-refractivity contribution in [2.45, 2.75) is 19.3 Å². The largest absolute Gasteiger partial charge is 0.429 e. The fraction of sp³-hybridized carbons (Fsp3) is 0.429. The van der Waals surface area contributed by atoms with E-state index in [2.05, 4.69) is 5.32 Å². The van der Waals surface area contributed by atoms with E-state index in [0.717, 1.165) is 31.5 Å². The smallest absolute Gasteiger partial charge is 0.193 e. The van der Waals surface area contributed by atoms with Crippen molar-refractivity contribution in [3.63, 3.8) is 0 Å². The van der Waals surface area contributed by atoms with E-state index >= 15 is 0 Å². The van der Waals surface area contributed by atoms with E-state index in [9.17, 15) is 0 Å². The highest BCUT2D eigenvalue weighted by molar-refractivity contribution is 5.90. The summed E-state index contributed by atoms with van der Waals surface area (Å²) in [6.45, 7) is 1.87. The van der Waals surface area contributed by atoms with E-state index in [1.165, 1.54) is 0 Å². The molecule has 0 amide bonds. The molecule has 0 spiro atoms. The average Bonchev–Trinajstić information content (AvgIpc) is 2.40. The number of hydrogen-bond acceptors (Lipinski definition) is 4. The first-order chi connectivity index (χ1) is 8.75. The van der Waals surface area contributed by atoms with Gasteiger partial charge in [-0.05, 0) is 31.5 Å². The summed E-state index contributed by atoms with van der Waals surface area (Å²) in [4.78, 5) is 0. The van der Waals surface area contributed by atoms with Crippen molar-refractivity contribution in [3.8, 4) is 0 Å². The third kappa shape index (κ3) is 3.67. The van der Waals surface area contributed by atoms with Gasteiger partial charge < -0.3 is 10.1 Å². The lowest BCUT2D eigenvalue weighted by molar-refractivity contribution is 0.388. The average molecular weight is 245 g/mol. The van der Waals surface area contributed by atoms with E-state index in [-0.39, 0.29) is 17.7 Å². The van der Waals surface area contributed by atoms with Gasteiger partial charge in [0.1, 0.15) is 0 Å². The third-order valence-corrected chi connectivity index (χ3v) is 3.15. The van der Waals surface area contributed by atoms with E-state index in [0.29, 0.717) is 6.42 Å². The molecule has 0 unspecified atom stereocenters. The molecular formula is C14H19N3O. The molecule has 1 aliphatic rings. The van der Waals surface area contributed by atoms with Crippen LogP contribution in [-0.4, -0.2) is 24.9 Å². The normalized spacial score (nSPS) is 16.2. The van der Waals surface area contributed by atoms with Crippen molar-refractivity contribution < 1.29 is 4.74 Å². The Morgan fingerprint density at radius 3 is 2.50 bits per heavy atom. The van der Waals surface area contributed by atoms with Gasteiger partial charge in [0, 0.05) is 12.3 Å². The summed E-state index contributed by atoms with van der Waals surface area (Å²) in [6, 6.07) is 9.77. The molecule has 4 heteroatoms. The van der Waals surface area contributed by atoms with Crippen LogP contribution in [0.1, 0.15) is 18.4 Å². The molecule has 18 heavy (non-hydrogen) atoms. The molecule has 1 fully saturated rings. The number of hydrogen-bond donors (Lipinski definition) is 3. The van der Waals surface area contributed by atoms with Gasteiger partial charge in [-0.2, -0.15) is 0 Å². The predicted octanol–water partition coefficient (Wildman–Crippen LogP) is 2.20. The van der Waals surface area contributed by atoms with Crippen molar-refractivity contribution in [2.75, 3.05) is 13.1 Å². The topological polar surface area (TPSA) is 69.0 Å². The molecule has 0 saturated carbocycles.